The SMILES string of the molecule is CNS(=O)(=O)c1ccccc1N1C(=O)c2ccccc2C1=O. The molecule has 0 fully saturated rings. The molecule has 0 bridgehead atoms. The molecule has 1 heterocycles. The van der Waals surface area contributed by atoms with E-state index in [2.05, 4.69) is 4.72 Å². The van der Waals surface area contributed by atoms with E-state index in [4.69, 9.17) is 0 Å². The van der Waals surface area contributed by atoms with Gasteiger partial charge in [-0.3, -0.25) is 9.59 Å². The molecule has 2 aromatic rings. The molecular weight excluding hydrogens is 304 g/mol. The summed E-state index contributed by atoms with van der Waals surface area (Å²) in [6.07, 6.45) is 0. The van der Waals surface area contributed by atoms with Crippen LogP contribution in [0.1, 0.15) is 20.7 Å². The zero-order valence-corrected chi connectivity index (χ0v) is 12.4. The first-order valence-electron chi connectivity index (χ1n) is 6.48. The Morgan fingerprint density at radius 1 is 0.864 bits per heavy atom. The van der Waals surface area contributed by atoms with E-state index in [0.717, 1.165) is 4.90 Å². The van der Waals surface area contributed by atoms with Gasteiger partial charge in [0.05, 0.1) is 16.8 Å². The number of carbonyl (C=O) groups is 2. The first-order valence-corrected chi connectivity index (χ1v) is 7.96. The number of nitrogens with zero attached hydrogens (tertiary/aromatic N) is 1. The topological polar surface area (TPSA) is 83.6 Å². The Labute approximate surface area is 127 Å². The van der Waals surface area contributed by atoms with Crippen molar-refractivity contribution in [3.8, 4) is 0 Å². The maximum Gasteiger partial charge on any atom is 0.266 e. The van der Waals surface area contributed by atoms with Crippen LogP contribution in [0.5, 0.6) is 0 Å². The molecule has 0 radical (unpaired) electrons. The molecule has 0 atom stereocenters. The smallest absolute Gasteiger partial charge is 0.266 e. The number of benzene rings is 2. The standard InChI is InChI=1S/C15H12N2O4S/c1-16-22(20,21)13-9-5-4-8-12(13)17-14(18)10-6-2-3-7-11(10)15(17)19/h2-9,16H,1H3. The van der Waals surface area contributed by atoms with Crippen molar-refractivity contribution in [2.75, 3.05) is 11.9 Å². The quantitative estimate of drug-likeness (QED) is 0.868. The third kappa shape index (κ3) is 2.02. The second kappa shape index (κ2) is 5.04. The van der Waals surface area contributed by atoms with Crippen molar-refractivity contribution in [2.45, 2.75) is 4.90 Å². The van der Waals surface area contributed by atoms with Gasteiger partial charge in [0, 0.05) is 0 Å². The first-order chi connectivity index (χ1) is 10.5. The molecule has 2 amide bonds. The maximum absolute atomic E-state index is 12.5. The summed E-state index contributed by atoms with van der Waals surface area (Å²) in [5.74, 6) is -1.06. The highest BCUT2D eigenvalue weighted by Gasteiger charge is 2.38. The summed E-state index contributed by atoms with van der Waals surface area (Å²) in [6.45, 7) is 0. The van der Waals surface area contributed by atoms with Crippen LogP contribution >= 0.6 is 0 Å². The second-order valence-corrected chi connectivity index (χ2v) is 6.52. The molecule has 2 aromatic carbocycles. The van der Waals surface area contributed by atoms with E-state index in [0.29, 0.717) is 0 Å². The normalized spacial score (nSPS) is 14.3. The summed E-state index contributed by atoms with van der Waals surface area (Å²) in [6, 6.07) is 12.3. The fraction of sp³-hybridized carbons (Fsp3) is 0.0667. The number of fused-ring (bicyclic) bond motifs is 1. The Hall–Kier alpha value is -2.51. The first kappa shape index (κ1) is 14.4. The summed E-state index contributed by atoms with van der Waals surface area (Å²) < 4.78 is 26.4. The lowest BCUT2D eigenvalue weighted by molar-refractivity contribution is 0.0925. The molecule has 0 unspecified atom stereocenters. The molecule has 3 rings (SSSR count). The third-order valence-electron chi connectivity index (χ3n) is 3.46. The lowest BCUT2D eigenvalue weighted by Crippen LogP contribution is -2.32. The number of rotatable bonds is 3. The molecule has 0 saturated carbocycles. The van der Waals surface area contributed by atoms with E-state index in [-0.39, 0.29) is 21.7 Å². The van der Waals surface area contributed by atoms with Gasteiger partial charge in [-0.25, -0.2) is 18.0 Å². The molecule has 0 aliphatic carbocycles. The van der Waals surface area contributed by atoms with E-state index in [1.807, 2.05) is 0 Å². The van der Waals surface area contributed by atoms with Gasteiger partial charge in [-0.15, -0.1) is 0 Å². The highest BCUT2D eigenvalue weighted by molar-refractivity contribution is 7.89. The number of anilines is 1. The van der Waals surface area contributed by atoms with Gasteiger partial charge in [0.1, 0.15) is 4.90 Å². The third-order valence-corrected chi connectivity index (χ3v) is 4.92. The monoisotopic (exact) mass is 316 g/mol. The molecule has 0 saturated heterocycles. The molecule has 6 nitrogen and oxygen atoms in total. The van der Waals surface area contributed by atoms with E-state index in [1.54, 1.807) is 30.3 Å². The van der Waals surface area contributed by atoms with Crippen LogP contribution in [0, 0.1) is 0 Å². The fourth-order valence-electron chi connectivity index (χ4n) is 2.39. The minimum atomic E-state index is -3.80. The van der Waals surface area contributed by atoms with Gasteiger partial charge in [-0.1, -0.05) is 24.3 Å². The summed E-state index contributed by atoms with van der Waals surface area (Å²) >= 11 is 0. The molecule has 0 aromatic heterocycles. The van der Waals surface area contributed by atoms with E-state index in [1.165, 1.54) is 25.2 Å². The Morgan fingerprint density at radius 3 is 1.91 bits per heavy atom. The predicted molar refractivity (Wildman–Crippen MR) is 80.3 cm³/mol. The van der Waals surface area contributed by atoms with Gasteiger partial charge in [-0.2, -0.15) is 0 Å². The van der Waals surface area contributed by atoms with Crippen molar-refractivity contribution in [3.63, 3.8) is 0 Å². The van der Waals surface area contributed by atoms with E-state index in [9.17, 15) is 18.0 Å². The number of carbonyl (C=O) groups excluding carboxylic acids is 2. The molecule has 112 valence electrons. The molecular formula is C15H12N2O4S. The van der Waals surface area contributed by atoms with Crippen molar-refractivity contribution in [1.82, 2.24) is 4.72 Å². The molecule has 1 aliphatic heterocycles. The minimum absolute atomic E-state index is 0.0445. The lowest BCUT2D eigenvalue weighted by Gasteiger charge is -2.17. The van der Waals surface area contributed by atoms with Crippen LogP contribution in [-0.4, -0.2) is 27.3 Å². The minimum Gasteiger partial charge on any atom is -0.268 e. The van der Waals surface area contributed by atoms with Gasteiger partial charge in [0.2, 0.25) is 10.0 Å². The number of nitrogens with one attached hydrogen (secondary N) is 1. The number of amides is 2. The molecule has 1 N–H and O–H groups in total. The molecule has 1 aliphatic rings. The molecule has 22 heavy (non-hydrogen) atoms. The van der Waals surface area contributed by atoms with Crippen molar-refractivity contribution >= 4 is 27.5 Å². The molecule has 0 spiro atoms. The van der Waals surface area contributed by atoms with Crippen molar-refractivity contribution < 1.29 is 18.0 Å². The van der Waals surface area contributed by atoms with Crippen LogP contribution in [0.3, 0.4) is 0 Å². The van der Waals surface area contributed by atoms with Gasteiger partial charge < -0.3 is 0 Å². The average molecular weight is 316 g/mol. The Kier molecular flexibility index (Phi) is 3.31. The Balaban J connectivity index is 2.20. The highest BCUT2D eigenvalue weighted by Crippen LogP contribution is 2.32. The van der Waals surface area contributed by atoms with Gasteiger partial charge in [-0.05, 0) is 31.3 Å². The zero-order valence-electron chi connectivity index (χ0n) is 11.6. The van der Waals surface area contributed by atoms with E-state index < -0.39 is 21.8 Å². The summed E-state index contributed by atoms with van der Waals surface area (Å²) in [5, 5.41) is 0. The maximum atomic E-state index is 12.5. The van der Waals surface area contributed by atoms with Gasteiger partial charge >= 0.3 is 0 Å². The summed E-state index contributed by atoms with van der Waals surface area (Å²) in [5.41, 5.74) is 0.580. The van der Waals surface area contributed by atoms with E-state index >= 15 is 0 Å². The van der Waals surface area contributed by atoms with Crippen molar-refractivity contribution in [1.29, 1.82) is 0 Å². The van der Waals surface area contributed by atoms with Crippen molar-refractivity contribution in [2.24, 2.45) is 0 Å². The van der Waals surface area contributed by atoms with Gasteiger partial charge in [0.25, 0.3) is 11.8 Å². The van der Waals surface area contributed by atoms with Crippen LogP contribution in [0.15, 0.2) is 53.4 Å². The Bertz CT molecular complexity index is 855. The number of para-hydroxylation sites is 1. The summed E-state index contributed by atoms with van der Waals surface area (Å²) in [7, 11) is -2.52. The summed E-state index contributed by atoms with van der Waals surface area (Å²) in [4.78, 5) is 25.7. The lowest BCUT2D eigenvalue weighted by atomic mass is 10.1. The number of imide groups is 1. The molecule has 7 heteroatoms. The zero-order chi connectivity index (χ0) is 15.9. The Morgan fingerprint density at radius 2 is 1.36 bits per heavy atom. The number of hydrogen-bond donors (Lipinski definition) is 1. The fourth-order valence-corrected chi connectivity index (χ4v) is 3.30. The second-order valence-electron chi connectivity index (χ2n) is 4.67. The van der Waals surface area contributed by atoms with Crippen LogP contribution in [-0.2, 0) is 10.0 Å². The van der Waals surface area contributed by atoms with Gasteiger partial charge in [0.15, 0.2) is 0 Å². The van der Waals surface area contributed by atoms with Crippen LogP contribution < -0.4 is 9.62 Å². The van der Waals surface area contributed by atoms with Crippen LogP contribution in [0.25, 0.3) is 0 Å². The van der Waals surface area contributed by atoms with Crippen LogP contribution in [0.2, 0.25) is 0 Å². The largest absolute Gasteiger partial charge is 0.268 e. The number of hydrogen-bond acceptors (Lipinski definition) is 4. The number of sulfonamides is 1. The highest BCUT2D eigenvalue weighted by atomic mass is 32.2. The van der Waals surface area contributed by atoms with Crippen LogP contribution in [0.4, 0.5) is 5.69 Å². The average Bonchev–Trinajstić information content (AvgIpc) is 2.79. The predicted octanol–water partition coefficient (Wildman–Crippen LogP) is 1.40. The van der Waals surface area contributed by atoms with Crippen molar-refractivity contribution in [3.05, 3.63) is 59.7 Å².